The number of hydrogen-bond acceptors (Lipinski definition) is 3. The standard InChI is InChI=1S/C20H21NO3/c22-20(21-24-15-14-23-17-10-5-2-6-11-17)19-13-7-12-18(19)16-8-3-1-4-9-16/h1-6,8-11H,7,12-15H2,(H,21,22). The lowest BCUT2D eigenvalue weighted by molar-refractivity contribution is -0.130. The summed E-state index contributed by atoms with van der Waals surface area (Å²) in [6, 6.07) is 19.6. The van der Waals surface area contributed by atoms with E-state index in [1.54, 1.807) is 0 Å². The number of benzene rings is 2. The summed E-state index contributed by atoms with van der Waals surface area (Å²) in [5.74, 6) is 0.642. The van der Waals surface area contributed by atoms with Gasteiger partial charge in [0, 0.05) is 5.57 Å². The van der Waals surface area contributed by atoms with Crippen LogP contribution in [-0.4, -0.2) is 19.1 Å². The average Bonchev–Trinajstić information content (AvgIpc) is 3.13. The second kappa shape index (κ2) is 8.31. The molecular formula is C20H21NO3. The fraction of sp³-hybridized carbons (Fsp3) is 0.250. The molecule has 0 unspecified atom stereocenters. The quantitative estimate of drug-likeness (QED) is 0.623. The van der Waals surface area contributed by atoms with E-state index in [-0.39, 0.29) is 5.91 Å². The summed E-state index contributed by atoms with van der Waals surface area (Å²) in [6.45, 7) is 0.684. The number of carbonyl (C=O) groups is 1. The summed E-state index contributed by atoms with van der Waals surface area (Å²) in [6.07, 6.45) is 2.73. The van der Waals surface area contributed by atoms with Crippen molar-refractivity contribution < 1.29 is 14.4 Å². The van der Waals surface area contributed by atoms with E-state index in [0.717, 1.165) is 41.7 Å². The molecule has 2 aromatic carbocycles. The van der Waals surface area contributed by atoms with Crippen molar-refractivity contribution >= 4 is 11.5 Å². The third kappa shape index (κ3) is 4.24. The maximum absolute atomic E-state index is 12.3. The van der Waals surface area contributed by atoms with Gasteiger partial charge in [-0.1, -0.05) is 48.5 Å². The molecule has 3 rings (SSSR count). The summed E-state index contributed by atoms with van der Waals surface area (Å²) in [7, 11) is 0. The van der Waals surface area contributed by atoms with Crippen LogP contribution < -0.4 is 10.2 Å². The largest absolute Gasteiger partial charge is 0.491 e. The van der Waals surface area contributed by atoms with Gasteiger partial charge < -0.3 is 4.74 Å². The first kappa shape index (κ1) is 16.3. The Hall–Kier alpha value is -2.59. The molecule has 0 aliphatic heterocycles. The lowest BCUT2D eigenvalue weighted by Gasteiger charge is -2.10. The molecule has 0 bridgehead atoms. The lowest BCUT2D eigenvalue weighted by atomic mass is 10.0. The van der Waals surface area contributed by atoms with Gasteiger partial charge in [-0.2, -0.15) is 0 Å². The number of amides is 1. The minimum atomic E-state index is -0.147. The number of carbonyl (C=O) groups excluding carboxylic acids is 1. The van der Waals surface area contributed by atoms with E-state index in [2.05, 4.69) is 5.48 Å². The minimum Gasteiger partial charge on any atom is -0.491 e. The fourth-order valence-electron chi connectivity index (χ4n) is 2.85. The highest BCUT2D eigenvalue weighted by atomic mass is 16.7. The number of para-hydroxylation sites is 1. The Kier molecular flexibility index (Phi) is 5.64. The Morgan fingerprint density at radius 3 is 2.38 bits per heavy atom. The van der Waals surface area contributed by atoms with Crippen LogP contribution in [0.1, 0.15) is 24.8 Å². The predicted octanol–water partition coefficient (Wildman–Crippen LogP) is 3.75. The molecule has 0 saturated carbocycles. The molecule has 24 heavy (non-hydrogen) atoms. The first-order valence-electron chi connectivity index (χ1n) is 8.22. The molecular weight excluding hydrogens is 302 g/mol. The second-order valence-corrected chi connectivity index (χ2v) is 5.62. The topological polar surface area (TPSA) is 47.6 Å². The number of hydroxylamine groups is 1. The third-order valence-electron chi connectivity index (χ3n) is 3.98. The van der Waals surface area contributed by atoms with Crippen molar-refractivity contribution in [3.63, 3.8) is 0 Å². The Balaban J connectivity index is 1.48. The van der Waals surface area contributed by atoms with Crippen LogP contribution in [0.4, 0.5) is 0 Å². The van der Waals surface area contributed by atoms with Crippen LogP contribution in [0.2, 0.25) is 0 Å². The highest BCUT2D eigenvalue weighted by Gasteiger charge is 2.21. The normalized spacial score (nSPS) is 13.8. The summed E-state index contributed by atoms with van der Waals surface area (Å²) < 4.78 is 5.52. The van der Waals surface area contributed by atoms with Crippen LogP contribution in [-0.2, 0) is 9.63 Å². The minimum absolute atomic E-state index is 0.147. The van der Waals surface area contributed by atoms with Gasteiger partial charge in [-0.05, 0) is 42.5 Å². The lowest BCUT2D eigenvalue weighted by Crippen LogP contribution is -2.27. The van der Waals surface area contributed by atoms with E-state index in [4.69, 9.17) is 9.57 Å². The van der Waals surface area contributed by atoms with Crippen LogP contribution in [0, 0.1) is 0 Å². The zero-order chi connectivity index (χ0) is 16.6. The van der Waals surface area contributed by atoms with Crippen LogP contribution in [0.25, 0.3) is 5.57 Å². The van der Waals surface area contributed by atoms with E-state index in [0.29, 0.717) is 13.2 Å². The van der Waals surface area contributed by atoms with E-state index < -0.39 is 0 Å². The molecule has 1 aliphatic carbocycles. The van der Waals surface area contributed by atoms with Gasteiger partial charge in [-0.15, -0.1) is 0 Å². The summed E-state index contributed by atoms with van der Waals surface area (Å²) in [4.78, 5) is 17.6. The zero-order valence-electron chi connectivity index (χ0n) is 13.5. The molecule has 4 nitrogen and oxygen atoms in total. The van der Waals surface area contributed by atoms with Crippen LogP contribution in [0.5, 0.6) is 5.75 Å². The molecule has 0 radical (unpaired) electrons. The molecule has 1 aliphatic rings. The fourth-order valence-corrected chi connectivity index (χ4v) is 2.85. The molecule has 2 aromatic rings. The van der Waals surface area contributed by atoms with Gasteiger partial charge in [-0.25, -0.2) is 5.48 Å². The van der Waals surface area contributed by atoms with Crippen molar-refractivity contribution in [1.29, 1.82) is 0 Å². The maximum Gasteiger partial charge on any atom is 0.271 e. The second-order valence-electron chi connectivity index (χ2n) is 5.62. The smallest absolute Gasteiger partial charge is 0.271 e. The van der Waals surface area contributed by atoms with Crippen LogP contribution >= 0.6 is 0 Å². The highest BCUT2D eigenvalue weighted by molar-refractivity contribution is 6.01. The Morgan fingerprint density at radius 1 is 0.917 bits per heavy atom. The molecule has 0 atom stereocenters. The van der Waals surface area contributed by atoms with E-state index in [1.807, 2.05) is 60.7 Å². The van der Waals surface area contributed by atoms with E-state index >= 15 is 0 Å². The van der Waals surface area contributed by atoms with Gasteiger partial charge >= 0.3 is 0 Å². The number of nitrogens with one attached hydrogen (secondary N) is 1. The van der Waals surface area contributed by atoms with Crippen molar-refractivity contribution in [1.82, 2.24) is 5.48 Å². The van der Waals surface area contributed by atoms with Crippen molar-refractivity contribution in [3.8, 4) is 5.75 Å². The molecule has 124 valence electrons. The van der Waals surface area contributed by atoms with Gasteiger partial charge in [-0.3, -0.25) is 9.63 Å². The van der Waals surface area contributed by atoms with Crippen molar-refractivity contribution in [2.45, 2.75) is 19.3 Å². The molecule has 0 saturated heterocycles. The Labute approximate surface area is 142 Å². The highest BCUT2D eigenvalue weighted by Crippen LogP contribution is 2.33. The van der Waals surface area contributed by atoms with Crippen LogP contribution in [0.3, 0.4) is 0 Å². The van der Waals surface area contributed by atoms with E-state index in [9.17, 15) is 4.79 Å². The van der Waals surface area contributed by atoms with Gasteiger partial charge in [0.2, 0.25) is 0 Å². The number of allylic oxidation sites excluding steroid dienone is 1. The Morgan fingerprint density at radius 2 is 1.62 bits per heavy atom. The molecule has 0 aromatic heterocycles. The first-order chi connectivity index (χ1) is 11.8. The number of hydrogen-bond donors (Lipinski definition) is 1. The van der Waals surface area contributed by atoms with E-state index in [1.165, 1.54) is 0 Å². The van der Waals surface area contributed by atoms with Gasteiger partial charge in [0.1, 0.15) is 19.0 Å². The monoisotopic (exact) mass is 323 g/mol. The SMILES string of the molecule is O=C(NOCCOc1ccccc1)C1=C(c2ccccc2)CCC1. The zero-order valence-corrected chi connectivity index (χ0v) is 13.5. The van der Waals surface area contributed by atoms with Gasteiger partial charge in [0.25, 0.3) is 5.91 Å². The molecule has 1 amide bonds. The van der Waals surface area contributed by atoms with Crippen molar-refractivity contribution in [3.05, 3.63) is 71.8 Å². The summed E-state index contributed by atoms with van der Waals surface area (Å²) in [5, 5.41) is 0. The molecule has 4 heteroatoms. The number of ether oxygens (including phenoxy) is 1. The third-order valence-corrected chi connectivity index (χ3v) is 3.98. The molecule has 0 heterocycles. The Bertz CT molecular complexity index is 695. The van der Waals surface area contributed by atoms with Crippen LogP contribution in [0.15, 0.2) is 66.2 Å². The molecule has 0 fully saturated rings. The van der Waals surface area contributed by atoms with Gasteiger partial charge in [0.15, 0.2) is 0 Å². The average molecular weight is 323 g/mol. The summed E-state index contributed by atoms with van der Waals surface area (Å²) in [5.41, 5.74) is 5.60. The molecule has 1 N–H and O–H groups in total. The summed E-state index contributed by atoms with van der Waals surface area (Å²) >= 11 is 0. The van der Waals surface area contributed by atoms with Gasteiger partial charge in [0.05, 0.1) is 0 Å². The van der Waals surface area contributed by atoms with Crippen molar-refractivity contribution in [2.75, 3.05) is 13.2 Å². The predicted molar refractivity (Wildman–Crippen MR) is 93.2 cm³/mol. The maximum atomic E-state index is 12.3. The van der Waals surface area contributed by atoms with Crippen molar-refractivity contribution in [2.24, 2.45) is 0 Å². The molecule has 0 spiro atoms. The first-order valence-corrected chi connectivity index (χ1v) is 8.22. The number of rotatable bonds is 7.